The van der Waals surface area contributed by atoms with Crippen molar-refractivity contribution in [3.8, 4) is 0 Å². The lowest BCUT2D eigenvalue weighted by molar-refractivity contribution is 0.0522. The predicted molar refractivity (Wildman–Crippen MR) is 60.9 cm³/mol. The van der Waals surface area contributed by atoms with Gasteiger partial charge in [0.15, 0.2) is 0 Å². The van der Waals surface area contributed by atoms with Crippen molar-refractivity contribution in [2.24, 2.45) is 0 Å². The molecule has 1 aliphatic rings. The number of anilines is 1. The maximum Gasteiger partial charge on any atom is 0.343 e. The number of esters is 1. The normalized spacial score (nSPS) is 22.5. The molecule has 0 amide bonds. The number of aromatic nitrogens is 2. The van der Waals surface area contributed by atoms with Crippen LogP contribution in [0.3, 0.4) is 0 Å². The first kappa shape index (κ1) is 12.8. The van der Waals surface area contributed by atoms with Crippen LogP contribution in [0.5, 0.6) is 0 Å². The third-order valence-corrected chi connectivity index (χ3v) is 2.87. The molecule has 18 heavy (non-hydrogen) atoms. The van der Waals surface area contributed by atoms with Crippen molar-refractivity contribution in [2.75, 3.05) is 11.9 Å². The Morgan fingerprint density at radius 2 is 2.44 bits per heavy atom. The summed E-state index contributed by atoms with van der Waals surface area (Å²) in [5.41, 5.74) is 0.203. The number of hydrogen-bond acceptors (Lipinski definition) is 4. The largest absolute Gasteiger partial charge is 0.462 e. The number of nitrogens with one attached hydrogen (secondary N) is 1. The highest BCUT2D eigenvalue weighted by molar-refractivity contribution is 5.94. The van der Waals surface area contributed by atoms with E-state index >= 15 is 0 Å². The summed E-state index contributed by atoms with van der Waals surface area (Å²) in [6.45, 7) is 3.71. The van der Waals surface area contributed by atoms with E-state index in [-0.39, 0.29) is 24.6 Å². The second kappa shape index (κ2) is 4.91. The zero-order chi connectivity index (χ0) is 13.3. The van der Waals surface area contributed by atoms with E-state index in [1.165, 1.54) is 10.9 Å². The van der Waals surface area contributed by atoms with E-state index in [2.05, 4.69) is 10.4 Å². The summed E-state index contributed by atoms with van der Waals surface area (Å²) >= 11 is 0. The number of rotatable bonds is 3. The third-order valence-electron chi connectivity index (χ3n) is 2.87. The van der Waals surface area contributed by atoms with Gasteiger partial charge in [-0.05, 0) is 20.3 Å². The van der Waals surface area contributed by atoms with Crippen LogP contribution in [0.4, 0.5) is 14.6 Å². The van der Waals surface area contributed by atoms with Gasteiger partial charge in [-0.15, -0.1) is 0 Å². The number of alkyl halides is 2. The van der Waals surface area contributed by atoms with Gasteiger partial charge < -0.3 is 10.1 Å². The molecule has 0 aliphatic carbocycles. The smallest absolute Gasteiger partial charge is 0.343 e. The maximum absolute atomic E-state index is 12.9. The lowest BCUT2D eigenvalue weighted by atomic mass is 10.1. The average molecular weight is 259 g/mol. The van der Waals surface area contributed by atoms with E-state index in [9.17, 15) is 13.6 Å². The Labute approximate surface area is 103 Å². The van der Waals surface area contributed by atoms with Gasteiger partial charge in [-0.3, -0.25) is 0 Å². The van der Waals surface area contributed by atoms with Crippen molar-refractivity contribution in [1.29, 1.82) is 0 Å². The Balaban J connectivity index is 2.36. The second-order valence-corrected chi connectivity index (χ2v) is 4.25. The van der Waals surface area contributed by atoms with Gasteiger partial charge in [0.1, 0.15) is 17.4 Å². The van der Waals surface area contributed by atoms with Gasteiger partial charge in [-0.2, -0.15) is 5.10 Å². The van der Waals surface area contributed by atoms with E-state index in [0.717, 1.165) is 0 Å². The number of fused-ring (bicyclic) bond motifs is 1. The maximum atomic E-state index is 12.9. The van der Waals surface area contributed by atoms with E-state index in [1.807, 2.05) is 0 Å². The molecule has 1 N–H and O–H groups in total. The molecule has 0 saturated carbocycles. The van der Waals surface area contributed by atoms with Gasteiger partial charge in [0.05, 0.1) is 12.8 Å². The summed E-state index contributed by atoms with van der Waals surface area (Å²) in [6, 6.07) is -1.14. The van der Waals surface area contributed by atoms with E-state index in [0.29, 0.717) is 5.82 Å². The van der Waals surface area contributed by atoms with Crippen LogP contribution in [0.2, 0.25) is 0 Å². The summed E-state index contributed by atoms with van der Waals surface area (Å²) < 4.78 is 31.9. The molecule has 0 unspecified atom stereocenters. The minimum absolute atomic E-state index is 0.138. The molecule has 0 radical (unpaired) electrons. The van der Waals surface area contributed by atoms with Gasteiger partial charge in [0.25, 0.3) is 6.43 Å². The fourth-order valence-corrected chi connectivity index (χ4v) is 2.08. The molecule has 2 heterocycles. The van der Waals surface area contributed by atoms with Crippen LogP contribution >= 0.6 is 0 Å². The van der Waals surface area contributed by atoms with Crippen LogP contribution in [-0.2, 0) is 4.74 Å². The van der Waals surface area contributed by atoms with Crippen molar-refractivity contribution in [3.05, 3.63) is 11.8 Å². The molecule has 0 fully saturated rings. The summed E-state index contributed by atoms with van der Waals surface area (Å²) in [5, 5.41) is 6.87. The van der Waals surface area contributed by atoms with Gasteiger partial charge in [-0.25, -0.2) is 18.3 Å². The number of hydrogen-bond donors (Lipinski definition) is 1. The van der Waals surface area contributed by atoms with E-state index in [4.69, 9.17) is 4.74 Å². The van der Waals surface area contributed by atoms with Crippen LogP contribution in [0.25, 0.3) is 0 Å². The molecule has 5 nitrogen and oxygen atoms in total. The summed E-state index contributed by atoms with van der Waals surface area (Å²) in [6.07, 6.45) is -0.967. The Kier molecular flexibility index (Phi) is 3.49. The predicted octanol–water partition coefficient (Wildman–Crippen LogP) is 2.07. The monoisotopic (exact) mass is 259 g/mol. The van der Waals surface area contributed by atoms with Crippen molar-refractivity contribution in [1.82, 2.24) is 9.78 Å². The quantitative estimate of drug-likeness (QED) is 0.844. The molecule has 0 saturated heterocycles. The molecule has 2 atom stereocenters. The first-order valence-electron chi connectivity index (χ1n) is 5.84. The molecule has 100 valence electrons. The van der Waals surface area contributed by atoms with Gasteiger partial charge in [-0.1, -0.05) is 0 Å². The Bertz CT molecular complexity index is 447. The highest BCUT2D eigenvalue weighted by atomic mass is 19.3. The highest BCUT2D eigenvalue weighted by Gasteiger charge is 2.34. The number of halogens is 2. The molecule has 1 aromatic heterocycles. The van der Waals surface area contributed by atoms with Gasteiger partial charge in [0, 0.05) is 6.04 Å². The summed E-state index contributed by atoms with van der Waals surface area (Å²) in [5.74, 6) is -0.231. The molecule has 0 spiro atoms. The first-order chi connectivity index (χ1) is 8.54. The van der Waals surface area contributed by atoms with Crippen molar-refractivity contribution in [3.63, 3.8) is 0 Å². The highest BCUT2D eigenvalue weighted by Crippen LogP contribution is 2.33. The summed E-state index contributed by atoms with van der Waals surface area (Å²) in [4.78, 5) is 11.7. The van der Waals surface area contributed by atoms with Crippen LogP contribution in [0.1, 0.15) is 36.7 Å². The van der Waals surface area contributed by atoms with Crippen LogP contribution < -0.4 is 5.32 Å². The summed E-state index contributed by atoms with van der Waals surface area (Å²) in [7, 11) is 0. The minimum atomic E-state index is -2.51. The Morgan fingerprint density at radius 1 is 1.72 bits per heavy atom. The lowest BCUT2D eigenvalue weighted by Crippen LogP contribution is -2.34. The minimum Gasteiger partial charge on any atom is -0.462 e. The topological polar surface area (TPSA) is 56.1 Å². The van der Waals surface area contributed by atoms with Crippen molar-refractivity contribution >= 4 is 11.8 Å². The Hall–Kier alpha value is -1.66. The van der Waals surface area contributed by atoms with Crippen molar-refractivity contribution in [2.45, 2.75) is 38.8 Å². The van der Waals surface area contributed by atoms with E-state index < -0.39 is 18.4 Å². The SMILES string of the molecule is CCOC(=O)c1cnn2c1N[C@H](C)C[C@@H]2C(F)F. The van der Waals surface area contributed by atoms with Crippen LogP contribution in [0, 0.1) is 0 Å². The fraction of sp³-hybridized carbons (Fsp3) is 0.636. The number of nitrogens with zero attached hydrogens (tertiary/aromatic N) is 2. The number of carbonyl (C=O) groups excluding carboxylic acids is 1. The zero-order valence-corrected chi connectivity index (χ0v) is 10.2. The average Bonchev–Trinajstić information content (AvgIpc) is 2.71. The molecular weight excluding hydrogens is 244 g/mol. The fourth-order valence-electron chi connectivity index (χ4n) is 2.08. The molecule has 2 rings (SSSR count). The molecule has 0 aromatic carbocycles. The first-order valence-corrected chi connectivity index (χ1v) is 5.84. The molecular formula is C11H15F2N3O2. The zero-order valence-electron chi connectivity index (χ0n) is 10.2. The molecule has 1 aliphatic heterocycles. The standard InChI is InChI=1S/C11H15F2N3O2/c1-3-18-11(17)7-5-14-16-8(9(12)13)4-6(2)15-10(7)16/h5-6,8-9,15H,3-4H2,1-2H3/t6-,8-/m1/s1. The number of ether oxygens (including phenoxy) is 1. The third kappa shape index (κ3) is 2.16. The van der Waals surface area contributed by atoms with Crippen LogP contribution in [-0.4, -0.2) is 34.8 Å². The second-order valence-electron chi connectivity index (χ2n) is 4.25. The van der Waals surface area contributed by atoms with Crippen molar-refractivity contribution < 1.29 is 18.3 Å². The number of carbonyl (C=O) groups is 1. The Morgan fingerprint density at radius 3 is 3.06 bits per heavy atom. The molecule has 0 bridgehead atoms. The molecule has 1 aromatic rings. The van der Waals surface area contributed by atoms with E-state index in [1.54, 1.807) is 13.8 Å². The van der Waals surface area contributed by atoms with Crippen LogP contribution in [0.15, 0.2) is 6.20 Å². The molecule has 7 heteroatoms. The van der Waals surface area contributed by atoms with Gasteiger partial charge in [0.2, 0.25) is 0 Å². The van der Waals surface area contributed by atoms with Gasteiger partial charge >= 0.3 is 5.97 Å². The lowest BCUT2D eigenvalue weighted by Gasteiger charge is -2.30.